The van der Waals surface area contributed by atoms with Gasteiger partial charge in [0.05, 0.1) is 10.6 Å². The van der Waals surface area contributed by atoms with Gasteiger partial charge in [-0.2, -0.15) is 0 Å². The molecule has 0 radical (unpaired) electrons. The summed E-state index contributed by atoms with van der Waals surface area (Å²) in [6, 6.07) is 6.88. The summed E-state index contributed by atoms with van der Waals surface area (Å²) in [5, 5.41) is 9.58. The Morgan fingerprint density at radius 1 is 1.48 bits per heavy atom. The summed E-state index contributed by atoms with van der Waals surface area (Å²) in [4.78, 5) is 3.72. The van der Waals surface area contributed by atoms with Crippen LogP contribution in [0.25, 0.3) is 10.6 Å². The van der Waals surface area contributed by atoms with E-state index in [-0.39, 0.29) is 0 Å². The maximum absolute atomic E-state index is 5.49. The van der Waals surface area contributed by atoms with Crippen molar-refractivity contribution in [1.29, 1.82) is 0 Å². The molecule has 114 valence electrons. The number of nitrogens with one attached hydrogen (secondary N) is 1. The van der Waals surface area contributed by atoms with Crippen molar-refractivity contribution in [2.75, 3.05) is 20.1 Å². The number of piperidine rings is 1. The van der Waals surface area contributed by atoms with Crippen LogP contribution in [0, 0.1) is 0 Å². The average Bonchev–Trinajstić information content (AvgIpc) is 3.17. The lowest BCUT2D eigenvalue weighted by molar-refractivity contribution is 0.129. The molecular weight excluding hydrogens is 282 g/mol. The number of rotatable bonds is 6. The Labute approximate surface area is 130 Å². The maximum Gasteiger partial charge on any atom is 0.177 e. The maximum atomic E-state index is 5.49. The van der Waals surface area contributed by atoms with Gasteiger partial charge in [-0.15, -0.1) is 11.3 Å². The lowest BCUT2D eigenvalue weighted by Gasteiger charge is -2.35. The van der Waals surface area contributed by atoms with E-state index in [9.17, 15) is 0 Å². The fraction of sp³-hybridized carbons (Fsp3) is 0.562. The van der Waals surface area contributed by atoms with Crippen LogP contribution in [0.5, 0.6) is 0 Å². The first-order valence-corrected chi connectivity index (χ1v) is 8.63. The van der Waals surface area contributed by atoms with E-state index in [0.29, 0.717) is 6.04 Å². The second kappa shape index (κ2) is 7.20. The zero-order chi connectivity index (χ0) is 14.5. The molecule has 21 heavy (non-hydrogen) atoms. The molecule has 1 aliphatic heterocycles. The predicted octanol–water partition coefficient (Wildman–Crippen LogP) is 3.37. The molecule has 0 bridgehead atoms. The molecule has 0 aliphatic carbocycles. The van der Waals surface area contributed by atoms with Gasteiger partial charge >= 0.3 is 0 Å². The monoisotopic (exact) mass is 305 g/mol. The zero-order valence-electron chi connectivity index (χ0n) is 12.5. The fourth-order valence-corrected chi connectivity index (χ4v) is 3.71. The molecule has 2 aromatic rings. The molecule has 1 fully saturated rings. The van der Waals surface area contributed by atoms with Gasteiger partial charge in [-0.25, -0.2) is 0 Å². The van der Waals surface area contributed by atoms with Gasteiger partial charge in [-0.1, -0.05) is 17.6 Å². The van der Waals surface area contributed by atoms with Crippen molar-refractivity contribution in [3.63, 3.8) is 0 Å². The normalized spacial score (nSPS) is 20.0. The van der Waals surface area contributed by atoms with Crippen LogP contribution in [0.4, 0.5) is 0 Å². The quantitative estimate of drug-likeness (QED) is 0.888. The fourth-order valence-electron chi connectivity index (χ4n) is 3.04. The van der Waals surface area contributed by atoms with Crippen molar-refractivity contribution in [3.8, 4) is 10.6 Å². The Balaban J connectivity index is 1.64. The summed E-state index contributed by atoms with van der Waals surface area (Å²) in [6.07, 6.45) is 5.17. The molecular formula is C16H23N3OS. The van der Waals surface area contributed by atoms with Crippen molar-refractivity contribution >= 4 is 11.3 Å². The summed E-state index contributed by atoms with van der Waals surface area (Å²) in [7, 11) is 2.03. The Hall–Kier alpha value is -1.17. The molecule has 1 saturated heterocycles. The molecule has 0 amide bonds. The van der Waals surface area contributed by atoms with Crippen molar-refractivity contribution in [3.05, 3.63) is 29.3 Å². The van der Waals surface area contributed by atoms with Gasteiger partial charge in [0, 0.05) is 18.7 Å². The Bertz CT molecular complexity index is 537. The number of likely N-dealkylation sites (tertiary alicyclic amines) is 1. The highest BCUT2D eigenvalue weighted by atomic mass is 32.1. The minimum atomic E-state index is 0.674. The third-order valence-corrected chi connectivity index (χ3v) is 5.05. The summed E-state index contributed by atoms with van der Waals surface area (Å²) < 4.78 is 5.49. The van der Waals surface area contributed by atoms with Crippen LogP contribution < -0.4 is 5.32 Å². The number of thiophene rings is 1. The molecule has 1 atom stereocenters. The van der Waals surface area contributed by atoms with Crippen molar-refractivity contribution in [2.24, 2.45) is 0 Å². The van der Waals surface area contributed by atoms with Crippen molar-refractivity contribution < 1.29 is 4.52 Å². The van der Waals surface area contributed by atoms with Crippen LogP contribution in [0.1, 0.15) is 31.4 Å². The lowest BCUT2D eigenvalue weighted by Crippen LogP contribution is -2.40. The van der Waals surface area contributed by atoms with Gasteiger partial charge in [0.2, 0.25) is 0 Å². The molecule has 5 heteroatoms. The van der Waals surface area contributed by atoms with Crippen LogP contribution in [-0.2, 0) is 6.54 Å². The summed E-state index contributed by atoms with van der Waals surface area (Å²) in [6.45, 7) is 3.17. The van der Waals surface area contributed by atoms with Crippen LogP contribution in [-0.4, -0.2) is 36.2 Å². The van der Waals surface area contributed by atoms with Crippen LogP contribution >= 0.6 is 11.3 Å². The number of hydrogen-bond donors (Lipinski definition) is 1. The molecule has 1 N–H and O–H groups in total. The Morgan fingerprint density at radius 3 is 3.24 bits per heavy atom. The lowest BCUT2D eigenvalue weighted by atomic mass is 9.99. The van der Waals surface area contributed by atoms with Gasteiger partial charge in [-0.3, -0.25) is 4.90 Å². The van der Waals surface area contributed by atoms with E-state index in [1.807, 2.05) is 13.1 Å². The third-order valence-electron chi connectivity index (χ3n) is 4.16. The first-order valence-electron chi connectivity index (χ1n) is 7.75. The summed E-state index contributed by atoms with van der Waals surface area (Å²) in [5.41, 5.74) is 1.05. The van der Waals surface area contributed by atoms with Crippen LogP contribution in [0.15, 0.2) is 28.1 Å². The average molecular weight is 305 g/mol. The Morgan fingerprint density at radius 2 is 2.43 bits per heavy atom. The van der Waals surface area contributed by atoms with Crippen LogP contribution in [0.2, 0.25) is 0 Å². The number of hydrogen-bond acceptors (Lipinski definition) is 5. The standard InChI is InChI=1S/C16H23N3OS/c1-17-8-7-14-5-2-3-9-19(14)12-13-11-15(20-18-13)16-6-4-10-21-16/h4,6,10-11,14,17H,2-3,5,7-9,12H2,1H3. The molecule has 0 aromatic carbocycles. The molecule has 4 nitrogen and oxygen atoms in total. The third kappa shape index (κ3) is 3.73. The van der Waals surface area contributed by atoms with E-state index in [4.69, 9.17) is 4.52 Å². The SMILES string of the molecule is CNCCC1CCCCN1Cc1cc(-c2cccs2)on1. The van der Waals surface area contributed by atoms with E-state index in [2.05, 4.69) is 32.9 Å². The zero-order valence-corrected chi connectivity index (χ0v) is 13.4. The highest BCUT2D eigenvalue weighted by molar-refractivity contribution is 7.13. The molecule has 3 heterocycles. The van der Waals surface area contributed by atoms with E-state index in [1.165, 1.54) is 32.2 Å². The number of aromatic nitrogens is 1. The summed E-state index contributed by atoms with van der Waals surface area (Å²) >= 11 is 1.69. The molecule has 1 unspecified atom stereocenters. The minimum absolute atomic E-state index is 0.674. The van der Waals surface area contributed by atoms with Gasteiger partial charge < -0.3 is 9.84 Å². The molecule has 1 aliphatic rings. The smallest absolute Gasteiger partial charge is 0.177 e. The van der Waals surface area contributed by atoms with E-state index >= 15 is 0 Å². The molecule has 0 spiro atoms. The first-order chi connectivity index (χ1) is 10.4. The summed E-state index contributed by atoms with van der Waals surface area (Å²) in [5.74, 6) is 0.892. The van der Waals surface area contributed by atoms with Crippen molar-refractivity contribution in [2.45, 2.75) is 38.3 Å². The van der Waals surface area contributed by atoms with Crippen LogP contribution in [0.3, 0.4) is 0 Å². The van der Waals surface area contributed by atoms with E-state index < -0.39 is 0 Å². The minimum Gasteiger partial charge on any atom is -0.355 e. The second-order valence-electron chi connectivity index (χ2n) is 5.67. The van der Waals surface area contributed by atoms with Crippen molar-refractivity contribution in [1.82, 2.24) is 15.4 Å². The highest BCUT2D eigenvalue weighted by Crippen LogP contribution is 2.27. The topological polar surface area (TPSA) is 41.3 Å². The largest absolute Gasteiger partial charge is 0.355 e. The first kappa shape index (κ1) is 14.8. The van der Waals surface area contributed by atoms with Gasteiger partial charge in [-0.05, 0) is 50.8 Å². The Kier molecular flexibility index (Phi) is 5.06. The second-order valence-corrected chi connectivity index (χ2v) is 6.62. The predicted molar refractivity (Wildman–Crippen MR) is 86.4 cm³/mol. The van der Waals surface area contributed by atoms with E-state index in [1.54, 1.807) is 11.3 Å². The number of nitrogens with zero attached hydrogens (tertiary/aromatic N) is 2. The van der Waals surface area contributed by atoms with Gasteiger partial charge in [0.1, 0.15) is 0 Å². The molecule has 3 rings (SSSR count). The molecule has 0 saturated carbocycles. The molecule has 2 aromatic heterocycles. The van der Waals surface area contributed by atoms with E-state index in [0.717, 1.165) is 29.4 Å². The van der Waals surface area contributed by atoms with Gasteiger partial charge in [0.25, 0.3) is 0 Å². The highest BCUT2D eigenvalue weighted by Gasteiger charge is 2.23. The van der Waals surface area contributed by atoms with Gasteiger partial charge in [0.15, 0.2) is 5.76 Å².